The van der Waals surface area contributed by atoms with Crippen molar-refractivity contribution in [2.75, 3.05) is 6.54 Å². The van der Waals surface area contributed by atoms with Gasteiger partial charge >= 0.3 is 0 Å². The first-order valence-corrected chi connectivity index (χ1v) is 6.08. The van der Waals surface area contributed by atoms with Gasteiger partial charge in [-0.2, -0.15) is 5.10 Å². The van der Waals surface area contributed by atoms with E-state index in [1.54, 1.807) is 0 Å². The van der Waals surface area contributed by atoms with Gasteiger partial charge in [0.1, 0.15) is 0 Å². The van der Waals surface area contributed by atoms with Crippen LogP contribution in [0.2, 0.25) is 0 Å². The molecule has 0 aliphatic heterocycles. The van der Waals surface area contributed by atoms with Gasteiger partial charge in [-0.25, -0.2) is 0 Å². The highest BCUT2D eigenvalue weighted by Gasteiger charge is 2.19. The van der Waals surface area contributed by atoms with E-state index in [1.807, 2.05) is 11.6 Å². The fraction of sp³-hybridized carbons (Fsp3) is 0.750. The molecule has 0 unspecified atom stereocenters. The molecule has 84 valence electrons. The van der Waals surface area contributed by atoms with Crippen LogP contribution in [0.3, 0.4) is 0 Å². The molecule has 3 nitrogen and oxygen atoms in total. The van der Waals surface area contributed by atoms with Crippen molar-refractivity contribution in [3.63, 3.8) is 0 Å². The maximum atomic E-state index is 4.37. The average molecular weight is 207 g/mol. The molecule has 1 aromatic rings. The van der Waals surface area contributed by atoms with Gasteiger partial charge in [0.15, 0.2) is 0 Å². The summed E-state index contributed by atoms with van der Waals surface area (Å²) in [6, 6.07) is 2.92. The predicted molar refractivity (Wildman–Crippen MR) is 61.8 cm³/mol. The monoisotopic (exact) mass is 207 g/mol. The van der Waals surface area contributed by atoms with Crippen LogP contribution in [0.5, 0.6) is 0 Å². The Morgan fingerprint density at radius 1 is 1.40 bits per heavy atom. The average Bonchev–Trinajstić information content (AvgIpc) is 2.95. The summed E-state index contributed by atoms with van der Waals surface area (Å²) in [4.78, 5) is 0. The second-order valence-electron chi connectivity index (χ2n) is 4.51. The Morgan fingerprint density at radius 2 is 2.27 bits per heavy atom. The lowest BCUT2D eigenvalue weighted by molar-refractivity contribution is 0.526. The van der Waals surface area contributed by atoms with Gasteiger partial charge < -0.3 is 5.32 Å². The first-order chi connectivity index (χ1) is 7.34. The zero-order valence-corrected chi connectivity index (χ0v) is 9.58. The number of aryl methyl sites for hydroxylation is 2. The van der Waals surface area contributed by atoms with Crippen LogP contribution in [-0.4, -0.2) is 22.4 Å². The fourth-order valence-electron chi connectivity index (χ4n) is 1.76. The van der Waals surface area contributed by atoms with Crippen LogP contribution in [0, 0.1) is 6.92 Å². The van der Waals surface area contributed by atoms with Gasteiger partial charge in [-0.3, -0.25) is 4.68 Å². The minimum absolute atomic E-state index is 0.860. The Kier molecular flexibility index (Phi) is 3.78. The normalized spacial score (nSPS) is 15.8. The van der Waals surface area contributed by atoms with E-state index in [0.29, 0.717) is 0 Å². The summed E-state index contributed by atoms with van der Waals surface area (Å²) in [5.74, 6) is 0. The van der Waals surface area contributed by atoms with Gasteiger partial charge in [-0.1, -0.05) is 6.42 Å². The summed E-state index contributed by atoms with van der Waals surface area (Å²) in [6.45, 7) is 4.30. The second-order valence-corrected chi connectivity index (χ2v) is 4.51. The molecule has 0 spiro atoms. The highest BCUT2D eigenvalue weighted by atomic mass is 15.3. The third-order valence-corrected chi connectivity index (χ3v) is 2.85. The number of aromatic nitrogens is 2. The first-order valence-electron chi connectivity index (χ1n) is 6.08. The predicted octanol–water partition coefficient (Wildman–Crippen LogP) is 2.11. The van der Waals surface area contributed by atoms with Crippen molar-refractivity contribution in [1.82, 2.24) is 15.1 Å². The SMILES string of the molecule is Cc1ccn(CCCCCNC2CC2)n1. The Bertz CT molecular complexity index is 289. The second kappa shape index (κ2) is 5.31. The van der Waals surface area contributed by atoms with Gasteiger partial charge in [0.25, 0.3) is 0 Å². The smallest absolute Gasteiger partial charge is 0.0593 e. The topological polar surface area (TPSA) is 29.9 Å². The molecule has 0 atom stereocenters. The summed E-state index contributed by atoms with van der Waals surface area (Å²) in [6.07, 6.45) is 8.71. The Hall–Kier alpha value is -0.830. The van der Waals surface area contributed by atoms with E-state index >= 15 is 0 Å². The molecular weight excluding hydrogens is 186 g/mol. The van der Waals surface area contributed by atoms with E-state index in [0.717, 1.165) is 18.3 Å². The molecule has 1 aromatic heterocycles. The maximum absolute atomic E-state index is 4.37. The summed E-state index contributed by atoms with van der Waals surface area (Å²) in [7, 11) is 0. The minimum Gasteiger partial charge on any atom is -0.314 e. The van der Waals surface area contributed by atoms with Crippen molar-refractivity contribution >= 4 is 0 Å². The quantitative estimate of drug-likeness (QED) is 0.694. The lowest BCUT2D eigenvalue weighted by Gasteiger charge is -2.03. The van der Waals surface area contributed by atoms with E-state index < -0.39 is 0 Å². The first kappa shape index (κ1) is 10.7. The molecule has 2 rings (SSSR count). The number of hydrogen-bond donors (Lipinski definition) is 1. The van der Waals surface area contributed by atoms with Gasteiger partial charge in [0.2, 0.25) is 0 Å². The number of unbranched alkanes of at least 4 members (excludes halogenated alkanes) is 2. The third kappa shape index (κ3) is 4.04. The Labute approximate surface area is 91.9 Å². The van der Waals surface area contributed by atoms with E-state index in [-0.39, 0.29) is 0 Å². The molecule has 1 aliphatic rings. The summed E-state index contributed by atoms with van der Waals surface area (Å²) < 4.78 is 2.05. The van der Waals surface area contributed by atoms with E-state index in [2.05, 4.69) is 22.7 Å². The number of rotatable bonds is 7. The minimum atomic E-state index is 0.860. The molecule has 15 heavy (non-hydrogen) atoms. The van der Waals surface area contributed by atoms with E-state index in [1.165, 1.54) is 38.6 Å². The van der Waals surface area contributed by atoms with Crippen molar-refractivity contribution in [2.45, 2.75) is 51.6 Å². The molecule has 3 heteroatoms. The highest BCUT2D eigenvalue weighted by molar-refractivity contribution is 4.94. The van der Waals surface area contributed by atoms with Gasteiger partial charge in [0.05, 0.1) is 5.69 Å². The van der Waals surface area contributed by atoms with Gasteiger partial charge in [-0.05, 0) is 45.2 Å². The number of hydrogen-bond acceptors (Lipinski definition) is 2. The molecule has 0 aromatic carbocycles. The van der Waals surface area contributed by atoms with Gasteiger partial charge in [0, 0.05) is 18.8 Å². The third-order valence-electron chi connectivity index (χ3n) is 2.85. The van der Waals surface area contributed by atoms with Crippen LogP contribution in [0.4, 0.5) is 0 Å². The molecule has 1 fully saturated rings. The Morgan fingerprint density at radius 3 is 2.93 bits per heavy atom. The van der Waals surface area contributed by atoms with Crippen molar-refractivity contribution < 1.29 is 0 Å². The van der Waals surface area contributed by atoms with Crippen LogP contribution in [0.25, 0.3) is 0 Å². The highest BCUT2D eigenvalue weighted by Crippen LogP contribution is 2.18. The van der Waals surface area contributed by atoms with Crippen LogP contribution in [-0.2, 0) is 6.54 Å². The fourth-order valence-corrected chi connectivity index (χ4v) is 1.76. The molecule has 1 saturated carbocycles. The molecule has 0 saturated heterocycles. The Balaban J connectivity index is 1.47. The lowest BCUT2D eigenvalue weighted by Crippen LogP contribution is -2.17. The summed E-state index contributed by atoms with van der Waals surface area (Å²) in [5, 5.41) is 7.90. The van der Waals surface area contributed by atoms with Crippen molar-refractivity contribution in [2.24, 2.45) is 0 Å². The van der Waals surface area contributed by atoms with E-state index in [4.69, 9.17) is 0 Å². The van der Waals surface area contributed by atoms with Crippen molar-refractivity contribution in [1.29, 1.82) is 0 Å². The number of nitrogens with one attached hydrogen (secondary N) is 1. The summed E-state index contributed by atoms with van der Waals surface area (Å²) >= 11 is 0. The molecule has 0 amide bonds. The standard InChI is InChI=1S/C12H21N3/c1-11-7-10-15(14-11)9-4-2-3-8-13-12-5-6-12/h7,10,12-13H,2-6,8-9H2,1H3. The summed E-state index contributed by atoms with van der Waals surface area (Å²) in [5.41, 5.74) is 1.12. The van der Waals surface area contributed by atoms with Crippen LogP contribution >= 0.6 is 0 Å². The molecule has 0 bridgehead atoms. The van der Waals surface area contributed by atoms with E-state index in [9.17, 15) is 0 Å². The molecule has 0 radical (unpaired) electrons. The molecule has 1 aliphatic carbocycles. The van der Waals surface area contributed by atoms with Crippen molar-refractivity contribution in [3.8, 4) is 0 Å². The van der Waals surface area contributed by atoms with Crippen LogP contribution < -0.4 is 5.32 Å². The lowest BCUT2D eigenvalue weighted by atomic mass is 10.2. The molecule has 1 heterocycles. The molecule has 1 N–H and O–H groups in total. The zero-order chi connectivity index (χ0) is 10.5. The van der Waals surface area contributed by atoms with Crippen LogP contribution in [0.1, 0.15) is 37.8 Å². The number of nitrogens with zero attached hydrogens (tertiary/aromatic N) is 2. The zero-order valence-electron chi connectivity index (χ0n) is 9.58. The molecular formula is C12H21N3. The maximum Gasteiger partial charge on any atom is 0.0593 e. The largest absolute Gasteiger partial charge is 0.314 e. The van der Waals surface area contributed by atoms with Crippen LogP contribution in [0.15, 0.2) is 12.3 Å². The van der Waals surface area contributed by atoms with Gasteiger partial charge in [-0.15, -0.1) is 0 Å². The van der Waals surface area contributed by atoms with Crippen molar-refractivity contribution in [3.05, 3.63) is 18.0 Å².